The van der Waals surface area contributed by atoms with Crippen molar-refractivity contribution >= 4 is 11.7 Å². The van der Waals surface area contributed by atoms with Crippen molar-refractivity contribution in [1.29, 1.82) is 0 Å². The Morgan fingerprint density at radius 3 is 2.53 bits per heavy atom. The Bertz CT molecular complexity index is 399. The summed E-state index contributed by atoms with van der Waals surface area (Å²) >= 11 is 0. The number of carboxylic acids is 1. The number of nitrogens with one attached hydrogen (secondary N) is 1. The summed E-state index contributed by atoms with van der Waals surface area (Å²) in [6.45, 7) is 8.29. The lowest BCUT2D eigenvalue weighted by atomic mass is 10.0. The first kappa shape index (κ1) is 13.6. The van der Waals surface area contributed by atoms with Crippen LogP contribution in [0, 0.1) is 12.8 Å². The average molecular weight is 235 g/mol. The van der Waals surface area contributed by atoms with Crippen LogP contribution in [0.1, 0.15) is 43.1 Å². The summed E-state index contributed by atoms with van der Waals surface area (Å²) in [4.78, 5) is 11.1. The Kier molecular flexibility index (Phi) is 4.55. The van der Waals surface area contributed by atoms with E-state index >= 15 is 0 Å². The maximum absolute atomic E-state index is 11.1. The van der Waals surface area contributed by atoms with Gasteiger partial charge in [0.05, 0.1) is 5.56 Å². The highest BCUT2D eigenvalue weighted by atomic mass is 16.4. The Labute approximate surface area is 103 Å². The molecule has 0 spiro atoms. The summed E-state index contributed by atoms with van der Waals surface area (Å²) in [6, 6.07) is 5.75. The fourth-order valence-electron chi connectivity index (χ4n) is 1.99. The highest BCUT2D eigenvalue weighted by Gasteiger charge is 2.12. The fourth-order valence-corrected chi connectivity index (χ4v) is 1.99. The van der Waals surface area contributed by atoms with Crippen molar-refractivity contribution < 1.29 is 9.90 Å². The number of benzene rings is 1. The number of aryl methyl sites for hydroxylation is 1. The zero-order chi connectivity index (χ0) is 13.0. The van der Waals surface area contributed by atoms with Gasteiger partial charge in [0.1, 0.15) is 0 Å². The predicted octanol–water partition coefficient (Wildman–Crippen LogP) is 3.54. The molecule has 1 rings (SSSR count). The first-order chi connectivity index (χ1) is 7.90. The third-order valence-electron chi connectivity index (χ3n) is 2.63. The lowest BCUT2D eigenvalue weighted by Gasteiger charge is -2.18. The third kappa shape index (κ3) is 4.10. The third-order valence-corrected chi connectivity index (χ3v) is 2.63. The molecule has 0 aromatic heterocycles. The second kappa shape index (κ2) is 5.71. The van der Waals surface area contributed by atoms with Crippen LogP contribution in [0.4, 0.5) is 5.69 Å². The van der Waals surface area contributed by atoms with Crippen LogP contribution in [-0.2, 0) is 0 Å². The van der Waals surface area contributed by atoms with Crippen molar-refractivity contribution in [1.82, 2.24) is 0 Å². The molecular formula is C14H21NO2. The van der Waals surface area contributed by atoms with Gasteiger partial charge in [0.25, 0.3) is 0 Å². The summed E-state index contributed by atoms with van der Waals surface area (Å²) in [6.07, 6.45) is 1.02. The lowest BCUT2D eigenvalue weighted by molar-refractivity contribution is 0.0698. The first-order valence-electron chi connectivity index (χ1n) is 6.00. The molecule has 3 nitrogen and oxygen atoms in total. The van der Waals surface area contributed by atoms with Gasteiger partial charge in [-0.15, -0.1) is 0 Å². The van der Waals surface area contributed by atoms with Gasteiger partial charge in [-0.1, -0.05) is 25.5 Å². The van der Waals surface area contributed by atoms with Crippen molar-refractivity contribution in [2.45, 2.75) is 40.2 Å². The number of anilines is 1. The molecule has 2 N–H and O–H groups in total. The lowest BCUT2D eigenvalue weighted by Crippen LogP contribution is -2.19. The van der Waals surface area contributed by atoms with Gasteiger partial charge in [0.2, 0.25) is 0 Å². The fraction of sp³-hybridized carbons (Fsp3) is 0.500. The summed E-state index contributed by atoms with van der Waals surface area (Å²) in [5.41, 5.74) is 2.02. The van der Waals surface area contributed by atoms with E-state index in [4.69, 9.17) is 5.11 Å². The van der Waals surface area contributed by atoms with Crippen LogP contribution in [0.5, 0.6) is 0 Å². The van der Waals surface area contributed by atoms with Gasteiger partial charge in [-0.05, 0) is 38.3 Å². The summed E-state index contributed by atoms with van der Waals surface area (Å²) in [5, 5.41) is 12.4. The molecule has 0 aliphatic rings. The molecule has 1 aromatic carbocycles. The number of carboxylic acid groups (broad SMARTS) is 1. The Morgan fingerprint density at radius 2 is 2.00 bits per heavy atom. The highest BCUT2D eigenvalue weighted by molar-refractivity contribution is 5.94. The molecule has 0 heterocycles. The van der Waals surface area contributed by atoms with Crippen LogP contribution in [-0.4, -0.2) is 17.1 Å². The predicted molar refractivity (Wildman–Crippen MR) is 70.7 cm³/mol. The Morgan fingerprint density at radius 1 is 1.35 bits per heavy atom. The monoisotopic (exact) mass is 235 g/mol. The van der Waals surface area contributed by atoms with Crippen molar-refractivity contribution in [2.75, 3.05) is 5.32 Å². The van der Waals surface area contributed by atoms with E-state index in [9.17, 15) is 4.79 Å². The number of rotatable bonds is 5. The molecule has 0 saturated carbocycles. The SMILES string of the molecule is Cc1ccc(NC(C)CC(C)C)c(C(=O)O)c1. The van der Waals surface area contributed by atoms with Gasteiger partial charge < -0.3 is 10.4 Å². The van der Waals surface area contributed by atoms with Crippen LogP contribution in [0.25, 0.3) is 0 Å². The Balaban J connectivity index is 2.86. The van der Waals surface area contributed by atoms with Gasteiger partial charge in [-0.2, -0.15) is 0 Å². The molecule has 1 aromatic rings. The molecule has 1 atom stereocenters. The minimum atomic E-state index is -0.882. The summed E-state index contributed by atoms with van der Waals surface area (Å²) in [7, 11) is 0. The van der Waals surface area contributed by atoms with Crippen LogP contribution in [0.3, 0.4) is 0 Å². The van der Waals surface area contributed by atoms with Gasteiger partial charge in [-0.3, -0.25) is 0 Å². The maximum Gasteiger partial charge on any atom is 0.337 e. The van der Waals surface area contributed by atoms with Crippen LogP contribution in [0.15, 0.2) is 18.2 Å². The molecule has 0 fully saturated rings. The van der Waals surface area contributed by atoms with E-state index in [1.807, 2.05) is 19.1 Å². The van der Waals surface area contributed by atoms with Crippen molar-refractivity contribution in [3.8, 4) is 0 Å². The van der Waals surface area contributed by atoms with Gasteiger partial charge in [0.15, 0.2) is 0 Å². The van der Waals surface area contributed by atoms with E-state index in [1.54, 1.807) is 6.07 Å². The minimum Gasteiger partial charge on any atom is -0.478 e. The van der Waals surface area contributed by atoms with E-state index in [1.165, 1.54) is 0 Å². The second-order valence-electron chi connectivity index (χ2n) is 5.03. The van der Waals surface area contributed by atoms with Crippen LogP contribution < -0.4 is 5.32 Å². The number of hydrogen-bond donors (Lipinski definition) is 2. The van der Waals surface area contributed by atoms with Crippen molar-refractivity contribution in [3.63, 3.8) is 0 Å². The van der Waals surface area contributed by atoms with Crippen molar-refractivity contribution in [2.24, 2.45) is 5.92 Å². The molecule has 0 radical (unpaired) electrons. The maximum atomic E-state index is 11.1. The Hall–Kier alpha value is -1.51. The number of hydrogen-bond acceptors (Lipinski definition) is 2. The minimum absolute atomic E-state index is 0.274. The molecule has 0 bridgehead atoms. The topological polar surface area (TPSA) is 49.3 Å². The zero-order valence-corrected chi connectivity index (χ0v) is 10.9. The highest BCUT2D eigenvalue weighted by Crippen LogP contribution is 2.20. The van der Waals surface area contributed by atoms with Gasteiger partial charge in [0, 0.05) is 11.7 Å². The quantitative estimate of drug-likeness (QED) is 0.820. The molecule has 0 aliphatic heterocycles. The molecule has 0 saturated heterocycles. The standard InChI is InChI=1S/C14H21NO2/c1-9(2)7-11(4)15-13-6-5-10(3)8-12(13)14(16)17/h5-6,8-9,11,15H,7H2,1-4H3,(H,16,17). The van der Waals surface area contributed by atoms with E-state index in [0.29, 0.717) is 17.2 Å². The molecule has 1 unspecified atom stereocenters. The normalized spacial score (nSPS) is 12.5. The van der Waals surface area contributed by atoms with E-state index < -0.39 is 5.97 Å². The summed E-state index contributed by atoms with van der Waals surface area (Å²) in [5.74, 6) is -0.288. The molecular weight excluding hydrogens is 214 g/mol. The molecule has 17 heavy (non-hydrogen) atoms. The zero-order valence-electron chi connectivity index (χ0n) is 10.9. The van der Waals surface area contributed by atoms with Gasteiger partial charge in [-0.25, -0.2) is 4.79 Å². The first-order valence-corrected chi connectivity index (χ1v) is 6.00. The number of aromatic carboxylic acids is 1. The average Bonchev–Trinajstić information content (AvgIpc) is 2.19. The largest absolute Gasteiger partial charge is 0.478 e. The van der Waals surface area contributed by atoms with E-state index in [-0.39, 0.29) is 6.04 Å². The van der Waals surface area contributed by atoms with Crippen molar-refractivity contribution in [3.05, 3.63) is 29.3 Å². The number of carbonyl (C=O) groups is 1. The summed E-state index contributed by atoms with van der Waals surface area (Å²) < 4.78 is 0. The molecule has 0 amide bonds. The molecule has 0 aliphatic carbocycles. The smallest absolute Gasteiger partial charge is 0.337 e. The second-order valence-corrected chi connectivity index (χ2v) is 5.03. The van der Waals surface area contributed by atoms with Crippen LogP contribution >= 0.6 is 0 Å². The van der Waals surface area contributed by atoms with E-state index in [0.717, 1.165) is 12.0 Å². The molecule has 94 valence electrons. The van der Waals surface area contributed by atoms with Gasteiger partial charge >= 0.3 is 5.97 Å². The molecule has 3 heteroatoms. The van der Waals surface area contributed by atoms with E-state index in [2.05, 4.69) is 26.1 Å². The van der Waals surface area contributed by atoms with Crippen LogP contribution in [0.2, 0.25) is 0 Å².